The van der Waals surface area contributed by atoms with E-state index >= 15 is 0 Å². The summed E-state index contributed by atoms with van der Waals surface area (Å²) in [6.07, 6.45) is 0.666. The minimum absolute atomic E-state index is 0.143. The molecule has 98 valence electrons. The zero-order valence-electron chi connectivity index (χ0n) is 9.82. The quantitative estimate of drug-likeness (QED) is 0.870. The van der Waals surface area contributed by atoms with Crippen LogP contribution in [0.2, 0.25) is 5.02 Å². The molecule has 1 aliphatic heterocycles. The summed E-state index contributed by atoms with van der Waals surface area (Å²) >= 11 is 5.72. The second kappa shape index (κ2) is 4.82. The van der Waals surface area contributed by atoms with Crippen LogP contribution in [-0.4, -0.2) is 19.0 Å². The third-order valence-corrected chi connectivity index (χ3v) is 3.46. The Morgan fingerprint density at radius 1 is 1.50 bits per heavy atom. The minimum Gasteiger partial charge on any atom is -0.322 e. The molecule has 1 atom stereocenters. The van der Waals surface area contributed by atoms with E-state index in [1.165, 1.54) is 0 Å². The highest BCUT2D eigenvalue weighted by Crippen LogP contribution is 2.30. The van der Waals surface area contributed by atoms with Crippen molar-refractivity contribution in [1.82, 2.24) is 5.32 Å². The molecule has 1 aliphatic rings. The standard InChI is InChI=1S/C12H13ClF2N2O/c1-12(2-3-16-6-12)11(18)17-10-8(13)4-7(14)5-9(10)15/h4-5,16H,2-3,6H2,1H3,(H,17,18). The maximum atomic E-state index is 13.5. The second-order valence-corrected chi connectivity index (χ2v) is 5.09. The van der Waals surface area contributed by atoms with Crippen molar-refractivity contribution in [2.24, 2.45) is 5.41 Å². The second-order valence-electron chi connectivity index (χ2n) is 4.69. The zero-order chi connectivity index (χ0) is 13.3. The number of hydrogen-bond acceptors (Lipinski definition) is 2. The Bertz CT molecular complexity index is 464. The van der Waals surface area contributed by atoms with E-state index in [1.54, 1.807) is 6.92 Å². The Labute approximate surface area is 109 Å². The molecule has 1 saturated heterocycles. The Morgan fingerprint density at radius 3 is 2.78 bits per heavy atom. The van der Waals surface area contributed by atoms with Gasteiger partial charge in [-0.25, -0.2) is 8.78 Å². The van der Waals surface area contributed by atoms with Crippen LogP contribution >= 0.6 is 11.6 Å². The first kappa shape index (κ1) is 13.2. The highest BCUT2D eigenvalue weighted by Gasteiger charge is 2.36. The molecule has 1 amide bonds. The summed E-state index contributed by atoms with van der Waals surface area (Å²) in [6, 6.07) is 1.66. The SMILES string of the molecule is CC1(C(=O)Nc2c(F)cc(F)cc2Cl)CCNC1. The van der Waals surface area contributed by atoms with Gasteiger partial charge in [0.05, 0.1) is 16.1 Å². The fourth-order valence-electron chi connectivity index (χ4n) is 1.94. The Hall–Kier alpha value is -1.20. The lowest BCUT2D eigenvalue weighted by Crippen LogP contribution is -2.35. The van der Waals surface area contributed by atoms with E-state index in [0.717, 1.165) is 12.6 Å². The van der Waals surface area contributed by atoms with Gasteiger partial charge in [-0.3, -0.25) is 4.79 Å². The summed E-state index contributed by atoms with van der Waals surface area (Å²) in [5.41, 5.74) is -0.763. The average Bonchev–Trinajstić information content (AvgIpc) is 2.71. The third kappa shape index (κ3) is 2.47. The lowest BCUT2D eigenvalue weighted by atomic mass is 9.89. The summed E-state index contributed by atoms with van der Waals surface area (Å²) in [4.78, 5) is 12.1. The largest absolute Gasteiger partial charge is 0.322 e. The van der Waals surface area contributed by atoms with Gasteiger partial charge in [-0.05, 0) is 26.0 Å². The van der Waals surface area contributed by atoms with E-state index in [1.807, 2.05) is 0 Å². The van der Waals surface area contributed by atoms with E-state index in [-0.39, 0.29) is 16.6 Å². The number of amides is 1. The predicted molar refractivity (Wildman–Crippen MR) is 65.6 cm³/mol. The Kier molecular flexibility index (Phi) is 3.54. The van der Waals surface area contributed by atoms with Gasteiger partial charge in [-0.15, -0.1) is 0 Å². The van der Waals surface area contributed by atoms with E-state index < -0.39 is 17.0 Å². The maximum absolute atomic E-state index is 13.5. The van der Waals surface area contributed by atoms with Crippen molar-refractivity contribution in [3.63, 3.8) is 0 Å². The highest BCUT2D eigenvalue weighted by atomic mass is 35.5. The first-order valence-corrected chi connectivity index (χ1v) is 5.97. The smallest absolute Gasteiger partial charge is 0.231 e. The van der Waals surface area contributed by atoms with Crippen LogP contribution < -0.4 is 10.6 Å². The van der Waals surface area contributed by atoms with Gasteiger partial charge in [0.15, 0.2) is 5.82 Å². The molecule has 6 heteroatoms. The zero-order valence-corrected chi connectivity index (χ0v) is 10.6. The van der Waals surface area contributed by atoms with Gasteiger partial charge in [-0.2, -0.15) is 0 Å². The maximum Gasteiger partial charge on any atom is 0.231 e. The Morgan fingerprint density at radius 2 is 2.22 bits per heavy atom. The fraction of sp³-hybridized carbons (Fsp3) is 0.417. The van der Waals surface area contributed by atoms with Crippen molar-refractivity contribution in [3.8, 4) is 0 Å². The van der Waals surface area contributed by atoms with Crippen molar-refractivity contribution in [2.75, 3.05) is 18.4 Å². The van der Waals surface area contributed by atoms with Crippen LogP contribution in [0.3, 0.4) is 0 Å². The molecule has 1 aromatic rings. The molecular weight excluding hydrogens is 262 g/mol. The summed E-state index contributed by atoms with van der Waals surface area (Å²) in [5, 5.41) is 5.36. The molecule has 1 unspecified atom stereocenters. The van der Waals surface area contributed by atoms with Gasteiger partial charge in [-0.1, -0.05) is 11.6 Å². The molecule has 2 rings (SSSR count). The molecule has 3 nitrogen and oxygen atoms in total. The lowest BCUT2D eigenvalue weighted by molar-refractivity contribution is -0.123. The molecule has 0 radical (unpaired) electrons. The van der Waals surface area contributed by atoms with E-state index in [4.69, 9.17) is 11.6 Å². The molecule has 0 aromatic heterocycles. The molecule has 1 aromatic carbocycles. The fourth-order valence-corrected chi connectivity index (χ4v) is 2.18. The van der Waals surface area contributed by atoms with E-state index in [9.17, 15) is 13.6 Å². The third-order valence-electron chi connectivity index (χ3n) is 3.16. The van der Waals surface area contributed by atoms with Gasteiger partial charge < -0.3 is 10.6 Å². The van der Waals surface area contributed by atoms with Gasteiger partial charge >= 0.3 is 0 Å². The summed E-state index contributed by atoms with van der Waals surface area (Å²) in [5.74, 6) is -1.97. The number of halogens is 3. The van der Waals surface area contributed by atoms with Gasteiger partial charge in [0.2, 0.25) is 5.91 Å². The lowest BCUT2D eigenvalue weighted by Gasteiger charge is -2.22. The average molecular weight is 275 g/mol. The number of rotatable bonds is 2. The van der Waals surface area contributed by atoms with Crippen molar-refractivity contribution in [3.05, 3.63) is 28.8 Å². The number of hydrogen-bond donors (Lipinski definition) is 2. The molecule has 1 fully saturated rings. The van der Waals surface area contributed by atoms with Crippen molar-refractivity contribution in [1.29, 1.82) is 0 Å². The number of nitrogens with one attached hydrogen (secondary N) is 2. The number of carbonyl (C=O) groups excluding carboxylic acids is 1. The minimum atomic E-state index is -0.872. The van der Waals surface area contributed by atoms with Gasteiger partial charge in [0.1, 0.15) is 5.82 Å². The molecule has 0 bridgehead atoms. The van der Waals surface area contributed by atoms with Crippen LogP contribution in [0.1, 0.15) is 13.3 Å². The topological polar surface area (TPSA) is 41.1 Å². The van der Waals surface area contributed by atoms with E-state index in [2.05, 4.69) is 10.6 Å². The van der Waals surface area contributed by atoms with Crippen molar-refractivity contribution >= 4 is 23.2 Å². The van der Waals surface area contributed by atoms with Crippen molar-refractivity contribution in [2.45, 2.75) is 13.3 Å². The van der Waals surface area contributed by atoms with Crippen LogP contribution in [0.15, 0.2) is 12.1 Å². The molecule has 0 spiro atoms. The molecule has 1 heterocycles. The molecule has 0 saturated carbocycles. The molecular formula is C12H13ClF2N2O. The first-order chi connectivity index (χ1) is 8.42. The van der Waals surface area contributed by atoms with Crippen molar-refractivity contribution < 1.29 is 13.6 Å². The number of carbonyl (C=O) groups is 1. The normalized spacial score (nSPS) is 23.1. The van der Waals surface area contributed by atoms with Crippen LogP contribution in [0, 0.1) is 17.0 Å². The van der Waals surface area contributed by atoms with Crippen LogP contribution in [0.5, 0.6) is 0 Å². The van der Waals surface area contributed by atoms with Gasteiger partial charge in [0, 0.05) is 12.6 Å². The monoisotopic (exact) mass is 274 g/mol. The summed E-state index contributed by atoms with van der Waals surface area (Å²) < 4.78 is 26.4. The molecule has 18 heavy (non-hydrogen) atoms. The van der Waals surface area contributed by atoms with E-state index in [0.29, 0.717) is 19.0 Å². The van der Waals surface area contributed by atoms with Crippen LogP contribution in [0.25, 0.3) is 0 Å². The Balaban J connectivity index is 2.22. The molecule has 0 aliphatic carbocycles. The number of benzene rings is 1. The number of anilines is 1. The first-order valence-electron chi connectivity index (χ1n) is 5.59. The van der Waals surface area contributed by atoms with Crippen LogP contribution in [-0.2, 0) is 4.79 Å². The van der Waals surface area contributed by atoms with Gasteiger partial charge in [0.25, 0.3) is 0 Å². The summed E-state index contributed by atoms with van der Waals surface area (Å²) in [7, 11) is 0. The van der Waals surface area contributed by atoms with Crippen LogP contribution in [0.4, 0.5) is 14.5 Å². The predicted octanol–water partition coefficient (Wildman–Crippen LogP) is 2.56. The highest BCUT2D eigenvalue weighted by molar-refractivity contribution is 6.33. The summed E-state index contributed by atoms with van der Waals surface area (Å²) in [6.45, 7) is 3.06. The molecule has 2 N–H and O–H groups in total.